The van der Waals surface area contributed by atoms with Crippen LogP contribution in [0.15, 0.2) is 0 Å². The SMILES string of the molecule is COCC(O)CN(C)C(=O)NCC1CCCC1C(=O)O. The highest BCUT2D eigenvalue weighted by atomic mass is 16.5. The highest BCUT2D eigenvalue weighted by Crippen LogP contribution is 2.31. The number of urea groups is 1. The summed E-state index contributed by atoms with van der Waals surface area (Å²) in [5, 5.41) is 21.3. The monoisotopic (exact) mass is 288 g/mol. The van der Waals surface area contributed by atoms with E-state index in [4.69, 9.17) is 9.84 Å². The largest absolute Gasteiger partial charge is 0.481 e. The van der Waals surface area contributed by atoms with Gasteiger partial charge in [-0.3, -0.25) is 4.79 Å². The molecule has 0 aliphatic heterocycles. The number of amides is 2. The van der Waals surface area contributed by atoms with E-state index in [1.54, 1.807) is 7.05 Å². The molecule has 3 atom stereocenters. The highest BCUT2D eigenvalue weighted by molar-refractivity contribution is 5.74. The standard InChI is InChI=1S/C13H24N2O5/c1-15(7-10(16)8-20-2)13(19)14-6-9-4-3-5-11(9)12(17)18/h9-11,16H,3-8H2,1-2H3,(H,14,19)(H,17,18). The van der Waals surface area contributed by atoms with Gasteiger partial charge in [0.05, 0.1) is 25.2 Å². The second kappa shape index (κ2) is 8.06. The van der Waals surface area contributed by atoms with Crippen molar-refractivity contribution >= 4 is 12.0 Å². The van der Waals surface area contributed by atoms with Crippen molar-refractivity contribution in [2.75, 3.05) is 33.9 Å². The molecule has 20 heavy (non-hydrogen) atoms. The number of nitrogens with zero attached hydrogens (tertiary/aromatic N) is 1. The molecule has 0 saturated heterocycles. The lowest BCUT2D eigenvalue weighted by Gasteiger charge is -2.23. The van der Waals surface area contributed by atoms with Gasteiger partial charge in [0.15, 0.2) is 0 Å². The average Bonchev–Trinajstić information content (AvgIpc) is 2.84. The second-order valence-corrected chi connectivity index (χ2v) is 5.31. The van der Waals surface area contributed by atoms with Gasteiger partial charge in [0, 0.05) is 20.7 Å². The van der Waals surface area contributed by atoms with Crippen molar-refractivity contribution in [3.8, 4) is 0 Å². The van der Waals surface area contributed by atoms with E-state index < -0.39 is 12.1 Å². The molecule has 0 aromatic heterocycles. The molecule has 1 aliphatic rings. The molecule has 1 saturated carbocycles. The van der Waals surface area contributed by atoms with E-state index in [2.05, 4.69) is 5.32 Å². The molecule has 3 N–H and O–H groups in total. The third-order valence-electron chi connectivity index (χ3n) is 3.68. The molecule has 0 spiro atoms. The Labute approximate surface area is 118 Å². The number of aliphatic hydroxyl groups is 1. The van der Waals surface area contributed by atoms with Crippen LogP contribution in [-0.4, -0.2) is 67.1 Å². The first kappa shape index (κ1) is 16.7. The zero-order valence-corrected chi connectivity index (χ0v) is 12.0. The lowest BCUT2D eigenvalue weighted by atomic mass is 9.96. The van der Waals surface area contributed by atoms with E-state index in [0.29, 0.717) is 13.0 Å². The Kier molecular flexibility index (Phi) is 6.74. The van der Waals surface area contributed by atoms with Gasteiger partial charge in [0.2, 0.25) is 0 Å². The van der Waals surface area contributed by atoms with Gasteiger partial charge < -0.3 is 25.2 Å². The number of carbonyl (C=O) groups is 2. The maximum atomic E-state index is 11.8. The van der Waals surface area contributed by atoms with E-state index in [1.807, 2.05) is 0 Å². The lowest BCUT2D eigenvalue weighted by molar-refractivity contribution is -0.142. The van der Waals surface area contributed by atoms with Crippen LogP contribution in [0.25, 0.3) is 0 Å². The number of methoxy groups -OCH3 is 1. The number of hydrogen-bond acceptors (Lipinski definition) is 4. The summed E-state index contributed by atoms with van der Waals surface area (Å²) in [5.41, 5.74) is 0. The summed E-state index contributed by atoms with van der Waals surface area (Å²) in [6.07, 6.45) is 1.67. The number of carboxylic acids is 1. The minimum absolute atomic E-state index is 0.00579. The second-order valence-electron chi connectivity index (χ2n) is 5.31. The minimum Gasteiger partial charge on any atom is -0.481 e. The zero-order chi connectivity index (χ0) is 15.1. The Morgan fingerprint density at radius 1 is 1.45 bits per heavy atom. The van der Waals surface area contributed by atoms with E-state index >= 15 is 0 Å². The summed E-state index contributed by atoms with van der Waals surface area (Å²) < 4.78 is 4.79. The molecule has 1 rings (SSSR count). The first-order valence-corrected chi connectivity index (χ1v) is 6.84. The summed E-state index contributed by atoms with van der Waals surface area (Å²) in [5.74, 6) is -1.15. The number of ether oxygens (including phenoxy) is 1. The Bertz CT molecular complexity index is 337. The van der Waals surface area contributed by atoms with Crippen LogP contribution in [0.1, 0.15) is 19.3 Å². The van der Waals surface area contributed by atoms with Gasteiger partial charge >= 0.3 is 12.0 Å². The van der Waals surface area contributed by atoms with E-state index in [9.17, 15) is 14.7 Å². The number of aliphatic hydroxyl groups excluding tert-OH is 1. The third-order valence-corrected chi connectivity index (χ3v) is 3.68. The van der Waals surface area contributed by atoms with Gasteiger partial charge in [0.1, 0.15) is 0 Å². The predicted molar refractivity (Wildman–Crippen MR) is 72.4 cm³/mol. The van der Waals surface area contributed by atoms with Crippen LogP contribution in [0.3, 0.4) is 0 Å². The Morgan fingerprint density at radius 2 is 2.15 bits per heavy atom. The number of carboxylic acid groups (broad SMARTS) is 1. The molecule has 0 bridgehead atoms. The number of nitrogens with one attached hydrogen (secondary N) is 1. The van der Waals surface area contributed by atoms with Crippen LogP contribution in [0.4, 0.5) is 4.79 Å². The van der Waals surface area contributed by atoms with Gasteiger partial charge in [-0.05, 0) is 18.8 Å². The van der Waals surface area contributed by atoms with E-state index in [-0.39, 0.29) is 31.0 Å². The van der Waals surface area contributed by atoms with Crippen molar-refractivity contribution < 1.29 is 24.5 Å². The molecular weight excluding hydrogens is 264 g/mol. The molecule has 1 fully saturated rings. The first-order chi connectivity index (χ1) is 9.45. The molecule has 7 nitrogen and oxygen atoms in total. The average molecular weight is 288 g/mol. The van der Waals surface area contributed by atoms with Crippen molar-refractivity contribution in [3.05, 3.63) is 0 Å². The molecule has 0 aromatic carbocycles. The Balaban J connectivity index is 2.33. The van der Waals surface area contributed by atoms with Crippen LogP contribution in [0.5, 0.6) is 0 Å². The van der Waals surface area contributed by atoms with Crippen LogP contribution < -0.4 is 5.32 Å². The summed E-state index contributed by atoms with van der Waals surface area (Å²) in [6.45, 7) is 0.703. The third kappa shape index (κ3) is 4.97. The number of aliphatic carboxylic acids is 1. The molecule has 0 heterocycles. The normalized spacial score (nSPS) is 23.4. The van der Waals surface area contributed by atoms with Crippen molar-refractivity contribution in [3.63, 3.8) is 0 Å². The van der Waals surface area contributed by atoms with Crippen molar-refractivity contribution in [2.24, 2.45) is 11.8 Å². The number of rotatable bonds is 7. The molecular formula is C13H24N2O5. The molecule has 0 aromatic rings. The molecule has 0 radical (unpaired) electrons. The lowest BCUT2D eigenvalue weighted by Crippen LogP contribution is -2.44. The van der Waals surface area contributed by atoms with Gasteiger partial charge in [0.25, 0.3) is 0 Å². The topological polar surface area (TPSA) is 99.1 Å². The minimum atomic E-state index is -0.786. The fourth-order valence-corrected chi connectivity index (χ4v) is 2.60. The van der Waals surface area contributed by atoms with Gasteiger partial charge in [-0.1, -0.05) is 6.42 Å². The summed E-state index contributed by atoms with van der Waals surface area (Å²) in [4.78, 5) is 24.2. The fourth-order valence-electron chi connectivity index (χ4n) is 2.60. The van der Waals surface area contributed by atoms with Gasteiger partial charge in [-0.2, -0.15) is 0 Å². The molecule has 2 amide bonds. The Hall–Kier alpha value is -1.34. The zero-order valence-electron chi connectivity index (χ0n) is 12.0. The van der Waals surface area contributed by atoms with Gasteiger partial charge in [-0.25, -0.2) is 4.79 Å². The number of likely N-dealkylation sites (N-methyl/N-ethyl adjacent to an activating group) is 1. The highest BCUT2D eigenvalue weighted by Gasteiger charge is 2.33. The molecule has 7 heteroatoms. The smallest absolute Gasteiger partial charge is 0.317 e. The maximum Gasteiger partial charge on any atom is 0.317 e. The van der Waals surface area contributed by atoms with Crippen LogP contribution in [-0.2, 0) is 9.53 Å². The van der Waals surface area contributed by atoms with E-state index in [0.717, 1.165) is 12.8 Å². The van der Waals surface area contributed by atoms with Crippen LogP contribution >= 0.6 is 0 Å². The van der Waals surface area contributed by atoms with Crippen molar-refractivity contribution in [1.82, 2.24) is 10.2 Å². The Morgan fingerprint density at radius 3 is 2.75 bits per heavy atom. The number of hydrogen-bond donors (Lipinski definition) is 3. The summed E-state index contributed by atoms with van der Waals surface area (Å²) >= 11 is 0. The van der Waals surface area contributed by atoms with Crippen molar-refractivity contribution in [2.45, 2.75) is 25.4 Å². The molecule has 3 unspecified atom stereocenters. The van der Waals surface area contributed by atoms with Crippen molar-refractivity contribution in [1.29, 1.82) is 0 Å². The van der Waals surface area contributed by atoms with E-state index in [1.165, 1.54) is 12.0 Å². The molecule has 1 aliphatic carbocycles. The number of carbonyl (C=O) groups excluding carboxylic acids is 1. The molecule has 116 valence electrons. The van der Waals surface area contributed by atoms with Crippen LogP contribution in [0, 0.1) is 11.8 Å². The maximum absolute atomic E-state index is 11.8. The summed E-state index contributed by atoms with van der Waals surface area (Å²) in [6, 6.07) is -0.309. The predicted octanol–water partition coefficient (Wildman–Crippen LogP) is 0.136. The summed E-state index contributed by atoms with van der Waals surface area (Å²) in [7, 11) is 3.06. The quantitative estimate of drug-likeness (QED) is 0.618. The fraction of sp³-hybridized carbons (Fsp3) is 0.846. The van der Waals surface area contributed by atoms with Gasteiger partial charge in [-0.15, -0.1) is 0 Å². The van der Waals surface area contributed by atoms with Crippen LogP contribution in [0.2, 0.25) is 0 Å². The first-order valence-electron chi connectivity index (χ1n) is 6.84.